The van der Waals surface area contributed by atoms with E-state index >= 15 is 0 Å². The van der Waals surface area contributed by atoms with E-state index < -0.39 is 13.3 Å². The van der Waals surface area contributed by atoms with Crippen molar-refractivity contribution in [3.05, 3.63) is 12.7 Å². The van der Waals surface area contributed by atoms with Gasteiger partial charge in [-0.15, -0.1) is 0 Å². The molecule has 5 heteroatoms. The van der Waals surface area contributed by atoms with Crippen LogP contribution in [0.4, 0.5) is 0 Å². The average molecular weight is 389 g/mol. The number of hydrogen-bond acceptors (Lipinski definition) is 3. The Morgan fingerprint density at radius 3 is 1.69 bits per heavy atom. The highest BCUT2D eigenvalue weighted by atomic mass is 31.2. The molecule has 1 N–H and O–H groups in total. The standard InChI is InChI=1S/C21H41O4P/c1-3-5-6-7-8-9-10-11-12-13-14-15-16-17-19-26(23,24)20-18-25-21(22)4-2/h4H,2-3,5-20H2,1H3,(H,23,24). The number of esters is 1. The van der Waals surface area contributed by atoms with Gasteiger partial charge in [0.25, 0.3) is 0 Å². The van der Waals surface area contributed by atoms with Gasteiger partial charge in [0.2, 0.25) is 7.37 Å². The third kappa shape index (κ3) is 18.2. The van der Waals surface area contributed by atoms with Crippen molar-refractivity contribution in [1.82, 2.24) is 0 Å². The Balaban J connectivity index is 3.33. The van der Waals surface area contributed by atoms with Crippen LogP contribution < -0.4 is 0 Å². The van der Waals surface area contributed by atoms with Crippen LogP contribution in [0.3, 0.4) is 0 Å². The summed E-state index contributed by atoms with van der Waals surface area (Å²) in [5.74, 6) is -0.540. The minimum atomic E-state index is -3.16. The number of carbonyl (C=O) groups is 1. The molecule has 4 nitrogen and oxygen atoms in total. The molecule has 0 aromatic heterocycles. The Morgan fingerprint density at radius 1 is 0.846 bits per heavy atom. The summed E-state index contributed by atoms with van der Waals surface area (Å²) in [5, 5.41) is 0. The third-order valence-corrected chi connectivity index (χ3v) is 6.61. The van der Waals surface area contributed by atoms with Gasteiger partial charge < -0.3 is 9.63 Å². The molecule has 0 saturated carbocycles. The van der Waals surface area contributed by atoms with Crippen molar-refractivity contribution in [1.29, 1.82) is 0 Å². The molecule has 0 heterocycles. The van der Waals surface area contributed by atoms with Crippen LogP contribution in [0.15, 0.2) is 12.7 Å². The van der Waals surface area contributed by atoms with E-state index in [1.54, 1.807) is 0 Å². The van der Waals surface area contributed by atoms with E-state index in [9.17, 15) is 14.3 Å². The zero-order chi connectivity index (χ0) is 19.5. The minimum Gasteiger partial charge on any atom is -0.462 e. The lowest BCUT2D eigenvalue weighted by Crippen LogP contribution is -2.07. The Hall–Kier alpha value is -0.600. The molecule has 0 amide bonds. The Bertz CT molecular complexity index is 395. The molecule has 0 aliphatic heterocycles. The van der Waals surface area contributed by atoms with E-state index in [4.69, 9.17) is 4.74 Å². The summed E-state index contributed by atoms with van der Waals surface area (Å²) in [6.45, 7) is 5.54. The molecular formula is C21H41O4P. The van der Waals surface area contributed by atoms with Gasteiger partial charge in [-0.3, -0.25) is 4.57 Å². The van der Waals surface area contributed by atoms with Crippen LogP contribution >= 0.6 is 7.37 Å². The lowest BCUT2D eigenvalue weighted by molar-refractivity contribution is -0.137. The van der Waals surface area contributed by atoms with Crippen LogP contribution in [0.5, 0.6) is 0 Å². The van der Waals surface area contributed by atoms with E-state index in [0.29, 0.717) is 6.16 Å². The summed E-state index contributed by atoms with van der Waals surface area (Å²) in [4.78, 5) is 20.7. The maximum atomic E-state index is 11.9. The van der Waals surface area contributed by atoms with Crippen molar-refractivity contribution in [2.75, 3.05) is 18.9 Å². The maximum absolute atomic E-state index is 11.9. The van der Waals surface area contributed by atoms with Crippen LogP contribution in [0.1, 0.15) is 96.8 Å². The van der Waals surface area contributed by atoms with Gasteiger partial charge in [0.15, 0.2) is 0 Å². The highest BCUT2D eigenvalue weighted by molar-refractivity contribution is 7.58. The second kappa shape index (κ2) is 17.8. The molecule has 0 fully saturated rings. The van der Waals surface area contributed by atoms with E-state index in [0.717, 1.165) is 25.3 Å². The fourth-order valence-corrected chi connectivity index (χ4v) is 4.33. The predicted octanol–water partition coefficient (Wildman–Crippen LogP) is 6.47. The summed E-state index contributed by atoms with van der Waals surface area (Å²) in [7, 11) is -3.16. The van der Waals surface area contributed by atoms with Gasteiger partial charge in [-0.05, 0) is 6.42 Å². The van der Waals surface area contributed by atoms with Crippen molar-refractivity contribution in [3.8, 4) is 0 Å². The summed E-state index contributed by atoms with van der Waals surface area (Å²) in [6.07, 6.45) is 19.2. The fraction of sp³-hybridized carbons (Fsp3) is 0.857. The number of rotatable bonds is 19. The van der Waals surface area contributed by atoms with E-state index in [2.05, 4.69) is 13.5 Å². The van der Waals surface area contributed by atoms with Gasteiger partial charge in [0, 0.05) is 12.2 Å². The summed E-state index contributed by atoms with van der Waals surface area (Å²) in [5.41, 5.74) is 0. The normalized spacial score (nSPS) is 13.3. The Labute approximate surface area is 161 Å². The first-order chi connectivity index (χ1) is 12.5. The molecule has 0 spiro atoms. The lowest BCUT2D eigenvalue weighted by atomic mass is 10.0. The van der Waals surface area contributed by atoms with E-state index in [1.165, 1.54) is 70.6 Å². The quantitative estimate of drug-likeness (QED) is 0.119. The molecule has 1 atom stereocenters. The molecule has 154 valence electrons. The second-order valence-corrected chi connectivity index (χ2v) is 9.85. The van der Waals surface area contributed by atoms with Gasteiger partial charge in [-0.2, -0.15) is 0 Å². The molecule has 0 aromatic carbocycles. The van der Waals surface area contributed by atoms with Crippen LogP contribution in [0.2, 0.25) is 0 Å². The van der Waals surface area contributed by atoms with Gasteiger partial charge >= 0.3 is 5.97 Å². The minimum absolute atomic E-state index is 0.00274. The number of ether oxygens (including phenoxy) is 1. The molecule has 0 aliphatic carbocycles. The average Bonchev–Trinajstić information content (AvgIpc) is 2.61. The smallest absolute Gasteiger partial charge is 0.330 e. The highest BCUT2D eigenvalue weighted by Gasteiger charge is 2.17. The second-order valence-electron chi connectivity index (χ2n) is 7.26. The molecule has 26 heavy (non-hydrogen) atoms. The number of unbranched alkanes of at least 4 members (excludes halogenated alkanes) is 13. The first-order valence-corrected chi connectivity index (χ1v) is 12.6. The fourth-order valence-electron chi connectivity index (χ4n) is 3.01. The van der Waals surface area contributed by atoms with Crippen LogP contribution in [0, 0.1) is 0 Å². The molecule has 1 unspecified atom stereocenters. The summed E-state index contributed by atoms with van der Waals surface area (Å²) >= 11 is 0. The lowest BCUT2D eigenvalue weighted by Gasteiger charge is -2.11. The van der Waals surface area contributed by atoms with Crippen molar-refractivity contribution >= 4 is 13.3 Å². The molecule has 0 bridgehead atoms. The Morgan fingerprint density at radius 2 is 1.27 bits per heavy atom. The van der Waals surface area contributed by atoms with Crippen LogP contribution in [-0.4, -0.2) is 29.8 Å². The molecular weight excluding hydrogens is 347 g/mol. The van der Waals surface area contributed by atoms with Crippen molar-refractivity contribution in [3.63, 3.8) is 0 Å². The largest absolute Gasteiger partial charge is 0.462 e. The molecule has 0 rings (SSSR count). The highest BCUT2D eigenvalue weighted by Crippen LogP contribution is 2.41. The third-order valence-electron chi connectivity index (χ3n) is 4.71. The summed E-state index contributed by atoms with van der Waals surface area (Å²) < 4.78 is 16.7. The maximum Gasteiger partial charge on any atom is 0.330 e. The van der Waals surface area contributed by atoms with Gasteiger partial charge in [-0.1, -0.05) is 97.0 Å². The number of carbonyl (C=O) groups excluding carboxylic acids is 1. The number of hydrogen-bond donors (Lipinski definition) is 1. The molecule has 0 radical (unpaired) electrons. The monoisotopic (exact) mass is 388 g/mol. The van der Waals surface area contributed by atoms with Crippen molar-refractivity contribution in [2.45, 2.75) is 96.8 Å². The first-order valence-electron chi connectivity index (χ1n) is 10.6. The van der Waals surface area contributed by atoms with Crippen molar-refractivity contribution < 1.29 is 19.0 Å². The topological polar surface area (TPSA) is 63.6 Å². The molecule has 0 aromatic rings. The zero-order valence-electron chi connectivity index (χ0n) is 16.9. The van der Waals surface area contributed by atoms with Crippen LogP contribution in [-0.2, 0) is 14.1 Å². The first kappa shape index (κ1) is 25.4. The van der Waals surface area contributed by atoms with Crippen molar-refractivity contribution in [2.24, 2.45) is 0 Å². The molecule has 0 aliphatic rings. The van der Waals surface area contributed by atoms with E-state index in [1.807, 2.05) is 0 Å². The van der Waals surface area contributed by atoms with E-state index in [-0.39, 0.29) is 12.8 Å². The van der Waals surface area contributed by atoms with Gasteiger partial charge in [-0.25, -0.2) is 4.79 Å². The van der Waals surface area contributed by atoms with Crippen LogP contribution in [0.25, 0.3) is 0 Å². The Kier molecular flexibility index (Phi) is 17.4. The van der Waals surface area contributed by atoms with Gasteiger partial charge in [0.1, 0.15) is 6.61 Å². The summed E-state index contributed by atoms with van der Waals surface area (Å²) in [6, 6.07) is 0. The van der Waals surface area contributed by atoms with Gasteiger partial charge in [0.05, 0.1) is 6.16 Å². The SMILES string of the molecule is C=CC(=O)OCCP(=O)(O)CCCCCCCCCCCCCCCC. The molecule has 0 saturated heterocycles. The predicted molar refractivity (Wildman–Crippen MR) is 111 cm³/mol. The zero-order valence-corrected chi connectivity index (χ0v) is 17.8.